The molecule has 4 atom stereocenters. The molecule has 0 aromatic heterocycles. The van der Waals surface area contributed by atoms with Gasteiger partial charge in [0.05, 0.1) is 24.3 Å². The molecule has 0 saturated carbocycles. The van der Waals surface area contributed by atoms with Crippen molar-refractivity contribution in [2.75, 3.05) is 6.61 Å². The fourth-order valence-electron chi connectivity index (χ4n) is 4.21. The van der Waals surface area contributed by atoms with Crippen LogP contribution in [-0.4, -0.2) is 41.3 Å². The maximum absolute atomic E-state index is 13.0. The number of benzene rings is 1. The van der Waals surface area contributed by atoms with Crippen LogP contribution in [0, 0.1) is 16.7 Å². The lowest BCUT2D eigenvalue weighted by Gasteiger charge is -2.32. The standard InChI is InChI=1S/C21H20ClN3O4/c1-3-29-20(28)18-17(13-4-7-15(22)8-5-13)21(11-23,12(2)26)16-9-6-14(19(24)27)10-25(16)18/h4-10,16-18H,3H2,1-2H3,(H2,24,27). The molecule has 29 heavy (non-hydrogen) atoms. The Morgan fingerprint density at radius 1 is 1.31 bits per heavy atom. The number of nitriles is 1. The van der Waals surface area contributed by atoms with Crippen LogP contribution in [-0.2, 0) is 19.1 Å². The fourth-order valence-corrected chi connectivity index (χ4v) is 4.34. The molecule has 1 aromatic rings. The Morgan fingerprint density at radius 3 is 2.48 bits per heavy atom. The van der Waals surface area contributed by atoms with Gasteiger partial charge in [0.25, 0.3) is 0 Å². The summed E-state index contributed by atoms with van der Waals surface area (Å²) in [5, 5.41) is 10.7. The highest BCUT2D eigenvalue weighted by Crippen LogP contribution is 2.53. The molecule has 3 rings (SSSR count). The Hall–Kier alpha value is -3.11. The van der Waals surface area contributed by atoms with Crippen LogP contribution in [0.5, 0.6) is 0 Å². The Morgan fingerprint density at radius 2 is 1.97 bits per heavy atom. The van der Waals surface area contributed by atoms with Gasteiger partial charge < -0.3 is 15.4 Å². The van der Waals surface area contributed by atoms with E-state index >= 15 is 0 Å². The third-order valence-electron chi connectivity index (χ3n) is 5.47. The van der Waals surface area contributed by atoms with Crippen molar-refractivity contribution in [3.05, 3.63) is 58.8 Å². The number of halogens is 1. The topological polar surface area (TPSA) is 113 Å². The molecular weight excluding hydrogens is 394 g/mol. The van der Waals surface area contributed by atoms with E-state index in [9.17, 15) is 19.6 Å². The minimum atomic E-state index is -1.57. The zero-order chi connectivity index (χ0) is 21.3. The minimum Gasteiger partial charge on any atom is -0.464 e. The lowest BCUT2D eigenvalue weighted by Crippen LogP contribution is -2.43. The first-order valence-electron chi connectivity index (χ1n) is 9.09. The molecule has 2 N–H and O–H groups in total. The summed E-state index contributed by atoms with van der Waals surface area (Å²) in [6, 6.07) is 7.08. The molecule has 7 nitrogen and oxygen atoms in total. The summed E-state index contributed by atoms with van der Waals surface area (Å²) in [4.78, 5) is 39.1. The van der Waals surface area contributed by atoms with Crippen molar-refractivity contribution in [3.8, 4) is 6.07 Å². The number of ether oxygens (including phenoxy) is 1. The monoisotopic (exact) mass is 413 g/mol. The predicted molar refractivity (Wildman–Crippen MR) is 105 cm³/mol. The lowest BCUT2D eigenvalue weighted by atomic mass is 9.66. The van der Waals surface area contributed by atoms with Crippen LogP contribution >= 0.6 is 11.6 Å². The molecule has 1 amide bonds. The highest BCUT2D eigenvalue weighted by molar-refractivity contribution is 6.30. The second kappa shape index (κ2) is 7.72. The number of ketones is 1. The Kier molecular flexibility index (Phi) is 5.49. The minimum absolute atomic E-state index is 0.128. The highest BCUT2D eigenvalue weighted by Gasteiger charge is 2.64. The summed E-state index contributed by atoms with van der Waals surface area (Å²) in [5.41, 5.74) is 4.60. The molecule has 1 aromatic carbocycles. The van der Waals surface area contributed by atoms with E-state index in [-0.39, 0.29) is 18.0 Å². The second-order valence-electron chi connectivity index (χ2n) is 6.96. The maximum Gasteiger partial charge on any atom is 0.329 e. The van der Waals surface area contributed by atoms with Crippen LogP contribution in [0.15, 0.2) is 48.2 Å². The second-order valence-corrected chi connectivity index (χ2v) is 7.40. The van der Waals surface area contributed by atoms with Crippen LogP contribution < -0.4 is 5.73 Å². The van der Waals surface area contributed by atoms with E-state index in [0.717, 1.165) is 0 Å². The molecule has 4 unspecified atom stereocenters. The van der Waals surface area contributed by atoms with Gasteiger partial charge in [-0.2, -0.15) is 5.26 Å². The number of rotatable bonds is 5. The van der Waals surface area contributed by atoms with E-state index < -0.39 is 35.3 Å². The van der Waals surface area contributed by atoms with Crippen LogP contribution in [0.4, 0.5) is 0 Å². The molecule has 0 radical (unpaired) electrons. The fraction of sp³-hybridized carbons (Fsp3) is 0.333. The van der Waals surface area contributed by atoms with Crippen molar-refractivity contribution in [1.82, 2.24) is 4.90 Å². The first kappa shape index (κ1) is 20.6. The van der Waals surface area contributed by atoms with Crippen molar-refractivity contribution in [2.24, 2.45) is 11.1 Å². The third-order valence-corrected chi connectivity index (χ3v) is 5.72. The van der Waals surface area contributed by atoms with Crippen molar-refractivity contribution < 1.29 is 19.1 Å². The summed E-state index contributed by atoms with van der Waals surface area (Å²) >= 11 is 6.00. The smallest absolute Gasteiger partial charge is 0.329 e. The first-order chi connectivity index (χ1) is 13.8. The number of hydrogen-bond acceptors (Lipinski definition) is 6. The average Bonchev–Trinajstić information content (AvgIpc) is 2.99. The molecule has 1 saturated heterocycles. The van der Waals surface area contributed by atoms with Gasteiger partial charge in [-0.25, -0.2) is 4.79 Å². The molecule has 0 bridgehead atoms. The zero-order valence-electron chi connectivity index (χ0n) is 16.0. The van der Waals surface area contributed by atoms with Crippen LogP contribution in [0.1, 0.15) is 25.3 Å². The van der Waals surface area contributed by atoms with Crippen molar-refractivity contribution in [3.63, 3.8) is 0 Å². The largest absolute Gasteiger partial charge is 0.464 e. The Bertz CT molecular complexity index is 963. The van der Waals surface area contributed by atoms with Crippen LogP contribution in [0.3, 0.4) is 0 Å². The zero-order valence-corrected chi connectivity index (χ0v) is 16.7. The number of nitrogens with two attached hydrogens (primary N) is 1. The van der Waals surface area contributed by atoms with E-state index in [4.69, 9.17) is 22.1 Å². The SMILES string of the molecule is CCOC(=O)C1C(c2ccc(Cl)cc2)C(C#N)(C(C)=O)C2C=CC(C(N)=O)=CN12. The normalized spacial score (nSPS) is 27.6. The van der Waals surface area contributed by atoms with Gasteiger partial charge in [-0.3, -0.25) is 9.59 Å². The maximum atomic E-state index is 13.0. The number of carbonyl (C=O) groups is 3. The van der Waals surface area contributed by atoms with E-state index in [1.54, 1.807) is 42.2 Å². The molecule has 8 heteroatoms. The molecule has 2 aliphatic rings. The molecular formula is C21H20ClN3O4. The van der Waals surface area contributed by atoms with Gasteiger partial charge in [-0.15, -0.1) is 0 Å². The number of hydrogen-bond donors (Lipinski definition) is 1. The number of carbonyl (C=O) groups excluding carboxylic acids is 3. The van der Waals surface area contributed by atoms with Crippen LogP contribution in [0.2, 0.25) is 5.02 Å². The van der Waals surface area contributed by atoms with Gasteiger partial charge in [-0.05, 0) is 37.6 Å². The molecule has 150 valence electrons. The van der Waals surface area contributed by atoms with Gasteiger partial charge in [0.15, 0.2) is 5.78 Å². The molecule has 0 spiro atoms. The number of nitrogens with zero attached hydrogens (tertiary/aromatic N) is 2. The predicted octanol–water partition coefficient (Wildman–Crippen LogP) is 2.08. The number of amides is 1. The van der Waals surface area contributed by atoms with Gasteiger partial charge >= 0.3 is 5.97 Å². The van der Waals surface area contributed by atoms with E-state index in [1.807, 2.05) is 0 Å². The number of fused-ring (bicyclic) bond motifs is 1. The molecule has 1 fully saturated rings. The molecule has 0 aliphatic carbocycles. The molecule has 2 heterocycles. The van der Waals surface area contributed by atoms with Crippen molar-refractivity contribution in [1.29, 1.82) is 5.26 Å². The summed E-state index contributed by atoms with van der Waals surface area (Å²) in [7, 11) is 0. The van der Waals surface area contributed by atoms with Gasteiger partial charge in [0.2, 0.25) is 5.91 Å². The Balaban J connectivity index is 2.28. The quantitative estimate of drug-likeness (QED) is 0.739. The lowest BCUT2D eigenvalue weighted by molar-refractivity contribution is -0.148. The summed E-state index contributed by atoms with van der Waals surface area (Å²) in [6.07, 6.45) is 4.48. The average molecular weight is 414 g/mol. The van der Waals surface area contributed by atoms with Gasteiger partial charge in [-0.1, -0.05) is 29.8 Å². The van der Waals surface area contributed by atoms with Crippen LogP contribution in [0.25, 0.3) is 0 Å². The summed E-state index contributed by atoms with van der Waals surface area (Å²) in [5.74, 6) is -2.49. The highest BCUT2D eigenvalue weighted by atomic mass is 35.5. The number of primary amides is 1. The molecule has 2 aliphatic heterocycles. The van der Waals surface area contributed by atoms with E-state index in [1.165, 1.54) is 19.2 Å². The van der Waals surface area contributed by atoms with E-state index in [2.05, 4.69) is 6.07 Å². The number of esters is 1. The summed E-state index contributed by atoms with van der Waals surface area (Å²) < 4.78 is 5.27. The van der Waals surface area contributed by atoms with Gasteiger partial charge in [0, 0.05) is 17.1 Å². The first-order valence-corrected chi connectivity index (χ1v) is 9.47. The third kappa shape index (κ3) is 3.19. The van der Waals surface area contributed by atoms with Crippen molar-refractivity contribution >= 4 is 29.3 Å². The van der Waals surface area contributed by atoms with Gasteiger partial charge in [0.1, 0.15) is 11.5 Å². The van der Waals surface area contributed by atoms with E-state index in [0.29, 0.717) is 10.6 Å². The summed E-state index contributed by atoms with van der Waals surface area (Å²) in [6.45, 7) is 3.13. The number of Topliss-reactive ketones (excluding diaryl/α,β-unsaturated/α-hetero) is 1. The van der Waals surface area contributed by atoms with Crippen molar-refractivity contribution in [2.45, 2.75) is 31.8 Å². The Labute approximate surface area is 173 Å².